The minimum Gasteiger partial charge on any atom is -0.297 e. The van der Waals surface area contributed by atoms with Gasteiger partial charge in [0.25, 0.3) is 0 Å². The van der Waals surface area contributed by atoms with Crippen molar-refractivity contribution in [3.8, 4) is 0 Å². The molecule has 0 aromatic rings. The van der Waals surface area contributed by atoms with Crippen LogP contribution in [0.2, 0.25) is 0 Å². The van der Waals surface area contributed by atoms with Gasteiger partial charge in [-0.2, -0.15) is 0 Å². The van der Waals surface area contributed by atoms with Crippen LogP contribution in [-0.2, 0) is 0 Å². The molecule has 0 N–H and O–H groups in total. The molecule has 0 spiro atoms. The molecule has 0 saturated heterocycles. The Kier molecular flexibility index (Phi) is 3.04. The summed E-state index contributed by atoms with van der Waals surface area (Å²) in [5, 5.41) is 0. The zero-order valence-corrected chi connectivity index (χ0v) is 11.9. The van der Waals surface area contributed by atoms with Gasteiger partial charge in [-0.15, -0.1) is 0 Å². The van der Waals surface area contributed by atoms with E-state index in [-0.39, 0.29) is 5.41 Å². The van der Waals surface area contributed by atoms with Crippen LogP contribution in [0.4, 0.5) is 0 Å². The highest BCUT2D eigenvalue weighted by Crippen LogP contribution is 2.48. The van der Waals surface area contributed by atoms with E-state index in [0.29, 0.717) is 18.0 Å². The van der Waals surface area contributed by atoms with Crippen molar-refractivity contribution in [3.05, 3.63) is 0 Å². The summed E-state index contributed by atoms with van der Waals surface area (Å²) >= 11 is 0. The zero-order valence-electron chi connectivity index (χ0n) is 11.9. The molecule has 0 fully saturated rings. The first kappa shape index (κ1) is 12.4. The monoisotopic (exact) mass is 270 g/mol. The molecule has 4 unspecified atom stereocenters. The quantitative estimate of drug-likeness (QED) is 0.756. The highest BCUT2D eigenvalue weighted by molar-refractivity contribution is 5.98. The van der Waals surface area contributed by atoms with E-state index in [0.717, 1.165) is 45.2 Å². The maximum atomic E-state index is 4.88. The number of hydrogen-bond acceptors (Lipinski definition) is 4. The van der Waals surface area contributed by atoms with E-state index < -0.39 is 0 Å². The Morgan fingerprint density at radius 3 is 2.80 bits per heavy atom. The fourth-order valence-electron chi connectivity index (χ4n) is 4.46. The Hall–Kier alpha value is -1.32. The normalized spacial score (nSPS) is 42.8. The van der Waals surface area contributed by atoms with E-state index in [1.54, 1.807) is 0 Å². The lowest BCUT2D eigenvalue weighted by Gasteiger charge is -2.40. The van der Waals surface area contributed by atoms with Gasteiger partial charge in [0.15, 0.2) is 0 Å². The predicted molar refractivity (Wildman–Crippen MR) is 83.8 cm³/mol. The van der Waals surface area contributed by atoms with Gasteiger partial charge in [-0.1, -0.05) is 0 Å². The first-order valence-electron chi connectivity index (χ1n) is 7.98. The Morgan fingerprint density at radius 1 is 1.10 bits per heavy atom. The molecular weight excluding hydrogens is 248 g/mol. The average Bonchev–Trinajstić information content (AvgIpc) is 3.23. The van der Waals surface area contributed by atoms with E-state index in [2.05, 4.69) is 23.6 Å². The second-order valence-electron chi connectivity index (χ2n) is 6.38. The summed E-state index contributed by atoms with van der Waals surface area (Å²) in [6, 6.07) is 0.665. The summed E-state index contributed by atoms with van der Waals surface area (Å²) < 4.78 is 0. The molecule has 0 bridgehead atoms. The Morgan fingerprint density at radius 2 is 2.10 bits per heavy atom. The van der Waals surface area contributed by atoms with E-state index in [1.807, 2.05) is 0 Å². The number of nitrogens with zero attached hydrogens (tertiary/aromatic N) is 4. The van der Waals surface area contributed by atoms with Crippen molar-refractivity contribution in [3.63, 3.8) is 0 Å². The third-order valence-electron chi connectivity index (χ3n) is 5.40. The molecule has 4 nitrogen and oxygen atoms in total. The van der Waals surface area contributed by atoms with Crippen molar-refractivity contribution >= 4 is 24.4 Å². The molecule has 4 aliphatic heterocycles. The molecule has 0 aromatic carbocycles. The molecule has 4 aliphatic rings. The van der Waals surface area contributed by atoms with Crippen LogP contribution in [-0.4, -0.2) is 49.5 Å². The van der Waals surface area contributed by atoms with Gasteiger partial charge in [-0.25, -0.2) is 0 Å². The van der Waals surface area contributed by atoms with Gasteiger partial charge in [0.05, 0.1) is 12.1 Å². The third-order valence-corrected chi connectivity index (χ3v) is 5.40. The molecule has 0 amide bonds. The average molecular weight is 270 g/mol. The van der Waals surface area contributed by atoms with Crippen LogP contribution >= 0.6 is 0 Å². The largest absolute Gasteiger partial charge is 0.297 e. The summed E-state index contributed by atoms with van der Waals surface area (Å²) in [4.78, 5) is 19.0. The number of rotatable bonds is 3. The summed E-state index contributed by atoms with van der Waals surface area (Å²) in [6.45, 7) is 1.97. The Balaban J connectivity index is 1.73. The first-order chi connectivity index (χ1) is 9.91. The standard InChI is InChI=1S/C16H22N4/c1-3-13(18-7-1)15-16(6-10-20-15,12-5-9-17-11-12)14-4-2-8-19-14/h7,10-13,15H,1-6,8-9H2. The molecule has 20 heavy (non-hydrogen) atoms. The zero-order chi connectivity index (χ0) is 13.4. The van der Waals surface area contributed by atoms with Crippen molar-refractivity contribution in [1.29, 1.82) is 0 Å². The van der Waals surface area contributed by atoms with Crippen LogP contribution in [0.1, 0.15) is 38.5 Å². The Bertz CT molecular complexity index is 505. The summed E-state index contributed by atoms with van der Waals surface area (Å²) in [5.41, 5.74) is 1.52. The first-order valence-corrected chi connectivity index (χ1v) is 7.98. The van der Waals surface area contributed by atoms with E-state index in [4.69, 9.17) is 15.0 Å². The molecule has 0 radical (unpaired) electrons. The van der Waals surface area contributed by atoms with Crippen molar-refractivity contribution in [2.45, 2.75) is 50.6 Å². The van der Waals surface area contributed by atoms with Gasteiger partial charge in [0.2, 0.25) is 0 Å². The second kappa shape index (κ2) is 4.90. The predicted octanol–water partition coefficient (Wildman–Crippen LogP) is 2.37. The van der Waals surface area contributed by atoms with Crippen LogP contribution < -0.4 is 0 Å². The molecule has 106 valence electrons. The van der Waals surface area contributed by atoms with E-state index >= 15 is 0 Å². The van der Waals surface area contributed by atoms with Crippen molar-refractivity contribution in [2.24, 2.45) is 31.3 Å². The molecule has 0 aliphatic carbocycles. The molecule has 4 atom stereocenters. The summed E-state index contributed by atoms with van der Waals surface area (Å²) in [5.74, 6) is 0.516. The van der Waals surface area contributed by atoms with Gasteiger partial charge >= 0.3 is 0 Å². The Labute approximate surface area is 120 Å². The van der Waals surface area contributed by atoms with Crippen molar-refractivity contribution in [1.82, 2.24) is 0 Å². The topological polar surface area (TPSA) is 49.4 Å². The highest BCUT2D eigenvalue weighted by atomic mass is 15.0. The van der Waals surface area contributed by atoms with Gasteiger partial charge in [-0.3, -0.25) is 20.0 Å². The molecule has 0 aromatic heterocycles. The lowest BCUT2D eigenvalue weighted by atomic mass is 9.63. The van der Waals surface area contributed by atoms with Crippen molar-refractivity contribution < 1.29 is 0 Å². The van der Waals surface area contributed by atoms with E-state index in [9.17, 15) is 0 Å². The lowest BCUT2D eigenvalue weighted by molar-refractivity contribution is 0.262. The summed E-state index contributed by atoms with van der Waals surface area (Å²) in [7, 11) is 0. The number of hydrogen-bond donors (Lipinski definition) is 0. The smallest absolute Gasteiger partial charge is 0.0836 e. The van der Waals surface area contributed by atoms with Crippen LogP contribution in [0.3, 0.4) is 0 Å². The molecule has 4 rings (SSSR count). The van der Waals surface area contributed by atoms with E-state index in [1.165, 1.54) is 12.1 Å². The maximum Gasteiger partial charge on any atom is 0.0836 e. The minimum atomic E-state index is 0.100. The molecule has 4 heterocycles. The van der Waals surface area contributed by atoms with Crippen LogP contribution in [0.5, 0.6) is 0 Å². The van der Waals surface area contributed by atoms with Crippen LogP contribution in [0.15, 0.2) is 20.0 Å². The highest BCUT2D eigenvalue weighted by Gasteiger charge is 2.54. The van der Waals surface area contributed by atoms with Gasteiger partial charge in [0.1, 0.15) is 0 Å². The van der Waals surface area contributed by atoms with Gasteiger partial charge in [-0.05, 0) is 44.7 Å². The molecule has 0 saturated carbocycles. The number of aliphatic imine (C=N–C) groups is 4. The maximum absolute atomic E-state index is 4.88. The second-order valence-corrected chi connectivity index (χ2v) is 6.38. The van der Waals surface area contributed by atoms with Crippen LogP contribution in [0.25, 0.3) is 0 Å². The van der Waals surface area contributed by atoms with Gasteiger partial charge in [0, 0.05) is 42.6 Å². The van der Waals surface area contributed by atoms with Gasteiger partial charge < -0.3 is 0 Å². The summed E-state index contributed by atoms with van der Waals surface area (Å²) in [6.07, 6.45) is 13.3. The molecule has 4 heteroatoms. The molecular formula is C16H22N4. The SMILES string of the molecule is C1=NCCC1C1(C2=NCCC2)CC=NC1C1CCC=N1. The minimum absolute atomic E-state index is 0.100. The third kappa shape index (κ3) is 1.73. The lowest BCUT2D eigenvalue weighted by Crippen LogP contribution is -2.49. The fraction of sp³-hybridized carbons (Fsp3) is 0.750. The van der Waals surface area contributed by atoms with Crippen LogP contribution in [0, 0.1) is 11.3 Å². The van der Waals surface area contributed by atoms with Crippen molar-refractivity contribution in [2.75, 3.05) is 13.1 Å². The fourth-order valence-corrected chi connectivity index (χ4v) is 4.46.